The minimum Gasteiger partial charge on any atom is -0.482 e. The highest BCUT2D eigenvalue weighted by atomic mass is 16.5. The number of fused-ring (bicyclic) bond motifs is 1. The van der Waals surface area contributed by atoms with Crippen LogP contribution >= 0.6 is 0 Å². The van der Waals surface area contributed by atoms with E-state index in [9.17, 15) is 14.4 Å². The number of carbonyl (C=O) groups excluding carboxylic acids is 2. The van der Waals surface area contributed by atoms with Gasteiger partial charge in [-0.2, -0.15) is 0 Å². The van der Waals surface area contributed by atoms with E-state index >= 15 is 0 Å². The molecule has 0 atom stereocenters. The van der Waals surface area contributed by atoms with E-state index in [1.54, 1.807) is 25.2 Å². The van der Waals surface area contributed by atoms with Crippen molar-refractivity contribution < 1.29 is 28.2 Å². The zero-order valence-electron chi connectivity index (χ0n) is 16.6. The highest BCUT2D eigenvalue weighted by molar-refractivity contribution is 6.02. The van der Waals surface area contributed by atoms with Crippen molar-refractivity contribution in [1.82, 2.24) is 4.90 Å². The molecule has 0 aliphatic carbocycles. The Hall–Kier alpha value is -3.17. The van der Waals surface area contributed by atoms with Gasteiger partial charge in [0.2, 0.25) is 11.2 Å². The number of nitrogens with zero attached hydrogens (tertiary/aromatic N) is 2. The summed E-state index contributed by atoms with van der Waals surface area (Å²) in [6.07, 6.45) is 1.23. The summed E-state index contributed by atoms with van der Waals surface area (Å²) in [6.45, 7) is 3.04. The lowest BCUT2D eigenvalue weighted by Crippen LogP contribution is -2.35. The first-order valence-electron chi connectivity index (χ1n) is 9.62. The predicted molar refractivity (Wildman–Crippen MR) is 106 cm³/mol. The first kappa shape index (κ1) is 20.1. The molecule has 9 heteroatoms. The normalized spacial score (nSPS) is 16.7. The predicted octanol–water partition coefficient (Wildman–Crippen LogP) is 1.09. The van der Waals surface area contributed by atoms with Crippen LogP contribution in [0.15, 0.2) is 39.7 Å². The van der Waals surface area contributed by atoms with Gasteiger partial charge in [0.1, 0.15) is 17.8 Å². The third-order valence-electron chi connectivity index (χ3n) is 5.06. The van der Waals surface area contributed by atoms with Gasteiger partial charge in [0.25, 0.3) is 5.91 Å². The maximum absolute atomic E-state index is 12.5. The number of benzene rings is 1. The molecule has 9 nitrogen and oxygen atoms in total. The lowest BCUT2D eigenvalue weighted by Gasteiger charge is -2.26. The van der Waals surface area contributed by atoms with Crippen molar-refractivity contribution in [2.24, 2.45) is 0 Å². The van der Waals surface area contributed by atoms with E-state index in [0.29, 0.717) is 42.5 Å². The molecule has 0 unspecified atom stereocenters. The van der Waals surface area contributed by atoms with Crippen LogP contribution in [0, 0.1) is 0 Å². The molecule has 2 aliphatic rings. The standard InChI is InChI=1S/C21H22N2O7/c1-22-16-8-14(2-3-19(16)30-13-21(22)26)18(25)11-29-20-12-28-15(9-17(20)24)10-23-4-6-27-7-5-23/h2-3,8-9,12H,4-7,10-11,13H2,1H3. The quantitative estimate of drug-likeness (QED) is 0.648. The van der Waals surface area contributed by atoms with E-state index < -0.39 is 0 Å². The SMILES string of the molecule is CN1C(=O)COc2ccc(C(=O)COc3coc(CN4CCOCC4)cc3=O)cc21. The first-order valence-corrected chi connectivity index (χ1v) is 9.62. The molecule has 1 aromatic heterocycles. The lowest BCUT2D eigenvalue weighted by atomic mass is 10.1. The van der Waals surface area contributed by atoms with E-state index in [1.165, 1.54) is 17.2 Å². The lowest BCUT2D eigenvalue weighted by molar-refractivity contribution is -0.120. The topological polar surface area (TPSA) is 98.5 Å². The van der Waals surface area contributed by atoms with Crippen LogP contribution in [0.2, 0.25) is 0 Å². The number of hydrogen-bond acceptors (Lipinski definition) is 8. The smallest absolute Gasteiger partial charge is 0.264 e. The number of rotatable bonds is 6. The molecule has 2 aromatic rings. The zero-order chi connectivity index (χ0) is 21.1. The number of hydrogen-bond donors (Lipinski definition) is 0. The second kappa shape index (κ2) is 8.68. The summed E-state index contributed by atoms with van der Waals surface area (Å²) in [5.74, 6) is 0.510. The summed E-state index contributed by atoms with van der Waals surface area (Å²) in [4.78, 5) is 40.2. The molecule has 0 N–H and O–H groups in total. The van der Waals surface area contributed by atoms with Gasteiger partial charge >= 0.3 is 0 Å². The van der Waals surface area contributed by atoms with E-state index in [-0.39, 0.29) is 36.1 Å². The van der Waals surface area contributed by atoms with Gasteiger partial charge in [0.05, 0.1) is 25.4 Å². The number of morpholine rings is 1. The van der Waals surface area contributed by atoms with Crippen LogP contribution < -0.4 is 19.8 Å². The molecule has 1 fully saturated rings. The number of likely N-dealkylation sites (N-methyl/N-ethyl adjacent to an activating group) is 1. The van der Waals surface area contributed by atoms with Crippen molar-refractivity contribution in [3.8, 4) is 11.5 Å². The van der Waals surface area contributed by atoms with E-state index in [4.69, 9.17) is 18.6 Å². The minimum atomic E-state index is -0.346. The molecule has 4 rings (SSSR count). The average molecular weight is 414 g/mol. The van der Waals surface area contributed by atoms with Crippen LogP contribution in [0.3, 0.4) is 0 Å². The number of anilines is 1. The Morgan fingerprint density at radius 2 is 1.97 bits per heavy atom. The number of amides is 1. The summed E-state index contributed by atoms with van der Waals surface area (Å²) in [5.41, 5.74) is 0.526. The minimum absolute atomic E-state index is 0.0253. The number of carbonyl (C=O) groups is 2. The van der Waals surface area contributed by atoms with Crippen LogP contribution in [-0.2, 0) is 16.1 Å². The second-order valence-corrected chi connectivity index (χ2v) is 7.10. The fraction of sp³-hybridized carbons (Fsp3) is 0.381. The molecular formula is C21H22N2O7. The molecule has 30 heavy (non-hydrogen) atoms. The Morgan fingerprint density at radius 1 is 1.17 bits per heavy atom. The maximum atomic E-state index is 12.5. The highest BCUT2D eigenvalue weighted by Gasteiger charge is 2.23. The monoisotopic (exact) mass is 414 g/mol. The molecule has 1 aromatic carbocycles. The van der Waals surface area contributed by atoms with Gasteiger partial charge in [-0.1, -0.05) is 0 Å². The van der Waals surface area contributed by atoms with E-state index in [2.05, 4.69) is 4.90 Å². The molecule has 158 valence electrons. The summed E-state index contributed by atoms with van der Waals surface area (Å²) < 4.78 is 21.5. The van der Waals surface area contributed by atoms with E-state index in [0.717, 1.165) is 13.1 Å². The number of Topliss-reactive ketones (excluding diaryl/α,β-unsaturated/α-hetero) is 1. The van der Waals surface area contributed by atoms with Gasteiger partial charge in [0.15, 0.2) is 19.0 Å². The summed E-state index contributed by atoms with van der Waals surface area (Å²) in [7, 11) is 1.62. The molecule has 3 heterocycles. The highest BCUT2D eigenvalue weighted by Crippen LogP contribution is 2.32. The molecule has 2 aliphatic heterocycles. The third kappa shape index (κ3) is 4.37. The molecule has 1 amide bonds. The Bertz CT molecular complexity index is 1010. The van der Waals surface area contributed by atoms with Crippen molar-refractivity contribution in [1.29, 1.82) is 0 Å². The van der Waals surface area contributed by atoms with Gasteiger partial charge in [0, 0.05) is 31.8 Å². The van der Waals surface area contributed by atoms with Gasteiger partial charge in [-0.05, 0) is 18.2 Å². The Kier molecular flexibility index (Phi) is 5.82. The summed E-state index contributed by atoms with van der Waals surface area (Å²) >= 11 is 0. The van der Waals surface area contributed by atoms with Gasteiger partial charge in [-0.3, -0.25) is 19.3 Å². The van der Waals surface area contributed by atoms with Crippen LogP contribution in [-0.4, -0.2) is 63.2 Å². The van der Waals surface area contributed by atoms with E-state index in [1.807, 2.05) is 0 Å². The number of ether oxygens (including phenoxy) is 3. The average Bonchev–Trinajstić information content (AvgIpc) is 2.76. The van der Waals surface area contributed by atoms with Crippen LogP contribution in [0.5, 0.6) is 11.5 Å². The Labute approximate surface area is 172 Å². The molecular weight excluding hydrogens is 392 g/mol. The molecule has 0 spiro atoms. The fourth-order valence-corrected chi connectivity index (χ4v) is 3.28. The summed E-state index contributed by atoms with van der Waals surface area (Å²) in [5, 5.41) is 0. The van der Waals surface area contributed by atoms with Crippen molar-refractivity contribution in [3.63, 3.8) is 0 Å². The molecule has 0 bridgehead atoms. The molecule has 0 saturated carbocycles. The third-order valence-corrected chi connectivity index (χ3v) is 5.06. The molecule has 0 radical (unpaired) electrons. The van der Waals surface area contributed by atoms with Gasteiger partial charge in [-0.25, -0.2) is 0 Å². The summed E-state index contributed by atoms with van der Waals surface area (Å²) in [6, 6.07) is 6.19. The number of ketones is 1. The first-order chi connectivity index (χ1) is 14.5. The fourth-order valence-electron chi connectivity index (χ4n) is 3.28. The van der Waals surface area contributed by atoms with Crippen molar-refractivity contribution in [2.45, 2.75) is 6.54 Å². The van der Waals surface area contributed by atoms with Gasteiger partial charge < -0.3 is 23.5 Å². The molecule has 1 saturated heterocycles. The van der Waals surface area contributed by atoms with Crippen LogP contribution in [0.4, 0.5) is 5.69 Å². The van der Waals surface area contributed by atoms with Crippen molar-refractivity contribution in [2.75, 3.05) is 51.5 Å². The second-order valence-electron chi connectivity index (χ2n) is 7.10. The van der Waals surface area contributed by atoms with Crippen LogP contribution in [0.25, 0.3) is 0 Å². The maximum Gasteiger partial charge on any atom is 0.264 e. The Morgan fingerprint density at radius 3 is 2.73 bits per heavy atom. The largest absolute Gasteiger partial charge is 0.482 e. The Balaban J connectivity index is 1.39. The zero-order valence-corrected chi connectivity index (χ0v) is 16.6. The van der Waals surface area contributed by atoms with Crippen molar-refractivity contribution >= 4 is 17.4 Å². The van der Waals surface area contributed by atoms with Crippen molar-refractivity contribution in [3.05, 3.63) is 52.1 Å². The van der Waals surface area contributed by atoms with Gasteiger partial charge in [-0.15, -0.1) is 0 Å². The van der Waals surface area contributed by atoms with Crippen LogP contribution in [0.1, 0.15) is 16.1 Å².